The van der Waals surface area contributed by atoms with E-state index >= 15 is 8.42 Å². The second kappa shape index (κ2) is 19.4. The van der Waals surface area contributed by atoms with Crippen molar-refractivity contribution < 1.29 is 522 Å². The summed E-state index contributed by atoms with van der Waals surface area (Å²) < 4.78 is 49.7. The molecule has 0 atom stereocenters. The molecule has 15 heteroatoms. The Morgan fingerprint density at radius 1 is 0.351 bits per heavy atom. The Labute approximate surface area is 570 Å². The molecule has 0 aliphatic rings. The van der Waals surface area contributed by atoms with Crippen LogP contribution < -0.4 is 7.25 Å². The number of sulfone groups is 1. The van der Waals surface area contributed by atoms with Crippen molar-refractivity contribution in [2.45, 2.75) is 23.6 Å². The van der Waals surface area contributed by atoms with E-state index in [1.807, 2.05) is 0 Å². The molecular weight excluding hydrogens is 3040 g/mol. The van der Waals surface area contributed by atoms with Gasteiger partial charge in [-0.25, -0.2) is 0 Å². The van der Waals surface area contributed by atoms with Gasteiger partial charge in [-0.2, -0.15) is 0 Å². The molecule has 148 valence electrons. The molecule has 4 rings (SSSR count). The van der Waals surface area contributed by atoms with Crippen LogP contribution in [0.3, 0.4) is 0 Å². The molecule has 0 spiro atoms. The van der Waals surface area contributed by atoms with Gasteiger partial charge in [0, 0.05) is 0 Å². The predicted octanol–water partition coefficient (Wildman–Crippen LogP) is -7.67. The average molecular weight is 3060 g/mol. The minimum atomic E-state index is -3.37. The minimum absolute atomic E-state index is 0.00137. The predicted molar refractivity (Wildman–Crippen MR) is 115 cm³/mol. The van der Waals surface area contributed by atoms with Gasteiger partial charge in [-0.1, -0.05) is 0 Å². The number of benzene rings is 4. The molecule has 0 aliphatic carbocycles. The Bertz CT molecular complexity index is 1700. The van der Waals surface area contributed by atoms with E-state index in [4.69, 9.17) is 0 Å². The average Bonchev–Trinajstić information content (AvgIpc) is 2.82. The fourth-order valence-corrected chi connectivity index (χ4v) is 134. The maximum atomic E-state index is 15.1. The fourth-order valence-electron chi connectivity index (χ4n) is 6.91. The van der Waals surface area contributed by atoms with Gasteiger partial charge in [0.2, 0.25) is 0 Å². The normalized spacial score (nSPS) is 11.6. The third-order valence-corrected chi connectivity index (χ3v) is 147. The van der Waals surface area contributed by atoms with Gasteiger partial charge in [-0.3, -0.25) is 0 Å². The van der Waals surface area contributed by atoms with Gasteiger partial charge in [-0.05, 0) is 0 Å². The van der Waals surface area contributed by atoms with E-state index in [1.54, 1.807) is 37.5 Å². The standard InChI is InChI=1S/C22H6O2S.12Ra.12H/c1-15-3-5-19-13-21(9-7-17(19)11-15)25(23,24)22-10-8-18-12-16(2)4-6-20(18)14-22;;;;;;;;;;;;;;;;;;;;;;;;/h1-2H3;;;;;;;;;;;;;;;;;;;;;;;;. The zero-order valence-electron chi connectivity index (χ0n) is 25.2. The Balaban J connectivity index is 2.26. The molecule has 0 fully saturated rings. The van der Waals surface area contributed by atoms with Crippen molar-refractivity contribution >= 4 is 38.6 Å². The van der Waals surface area contributed by atoms with Crippen molar-refractivity contribution in [1.29, 1.82) is 0 Å². The first-order chi connectivity index (χ1) is 17.0. The summed E-state index contributed by atoms with van der Waals surface area (Å²) in [6.07, 6.45) is 0. The van der Waals surface area contributed by atoms with E-state index < -0.39 is 9.84 Å². The molecule has 2 nitrogen and oxygen atoms in total. The monoisotopic (exact) mass is 3060 g/mol. The van der Waals surface area contributed by atoms with Crippen LogP contribution in [0.2, 0.25) is 0 Å². The molecule has 0 radical (unpaired) electrons. The van der Waals surface area contributed by atoms with E-state index in [1.165, 1.54) is 2.42 Å². The first-order valence-corrected chi connectivity index (χ1v) is 64.0. The van der Waals surface area contributed by atoms with Gasteiger partial charge >= 0.3 is 595 Å². The first-order valence-electron chi connectivity index (χ1n) is 13.2. The van der Waals surface area contributed by atoms with Crippen LogP contribution in [-0.2, 0) is 9.84 Å². The Hall–Kier alpha value is 15.0. The van der Waals surface area contributed by atoms with Gasteiger partial charge in [-0.15, -0.1) is 0 Å². The van der Waals surface area contributed by atoms with Crippen LogP contribution in [-0.4, -0.2) is 8.42 Å². The number of rotatable bonds is 2. The summed E-state index contributed by atoms with van der Waals surface area (Å²) in [6, 6.07) is 0. The van der Waals surface area contributed by atoms with Crippen LogP contribution in [0.5, 0.6) is 0 Å². The summed E-state index contributed by atoms with van der Waals surface area (Å²) in [6.45, 7) is 4.84. The zero-order valence-corrected chi connectivity index (χ0v) is 125. The summed E-state index contributed by atoms with van der Waals surface area (Å²) in [4.78, 5) is 1.95. The van der Waals surface area contributed by atoms with Crippen molar-refractivity contribution in [3.63, 3.8) is 0 Å². The molecule has 0 saturated heterocycles. The Kier molecular flexibility index (Phi) is 23.4. The molecule has 0 N–H and O–H groups in total. The topological polar surface area (TPSA) is 34.1 Å². The molecule has 37 heavy (non-hydrogen) atoms. The number of fused-ring (bicyclic) bond motifs is 2. The van der Waals surface area contributed by atoms with E-state index in [0.717, 1.165) is 9.79 Å². The Morgan fingerprint density at radius 3 is 0.892 bits per heavy atom. The van der Waals surface area contributed by atoms with Crippen LogP contribution in [0.15, 0.2) is 9.79 Å². The van der Waals surface area contributed by atoms with Crippen molar-refractivity contribution in [2.75, 3.05) is 0 Å². The number of hydrogen-bond acceptors (Lipinski definition) is 2. The molecule has 0 saturated carbocycles. The van der Waals surface area contributed by atoms with Crippen molar-refractivity contribution in [2.24, 2.45) is 0 Å². The van der Waals surface area contributed by atoms with Gasteiger partial charge < -0.3 is 0 Å². The number of hydrogen-bond donors (Lipinski definition) is 0. The van der Waals surface area contributed by atoms with Crippen LogP contribution >= 0.6 is 0 Å². The molecule has 0 aliphatic heterocycles. The molecule has 0 heterocycles. The summed E-state index contributed by atoms with van der Waals surface area (Å²) in [7, 11) is -3.37. The molecule has 4 aromatic rings. The second-order valence-electron chi connectivity index (χ2n) is 11.4. The molecule has 0 amide bonds. The molecule has 4 aromatic carbocycles. The van der Waals surface area contributed by atoms with E-state index in [9.17, 15) is 0 Å². The van der Waals surface area contributed by atoms with Crippen molar-refractivity contribution in [3.05, 3.63) is 11.1 Å². The van der Waals surface area contributed by atoms with Crippen molar-refractivity contribution in [1.82, 2.24) is 0 Å². The zero-order chi connectivity index (χ0) is 28.0. The van der Waals surface area contributed by atoms with Crippen molar-refractivity contribution in [3.8, 4) is 0 Å². The molecule has 0 unspecified atom stereocenters. The van der Waals surface area contributed by atoms with Gasteiger partial charge in [0.25, 0.3) is 0 Å². The van der Waals surface area contributed by atoms with E-state index in [0.29, 0.717) is 171 Å². The van der Waals surface area contributed by atoms with Crippen LogP contribution in [0.1, 0.15) is 11.1 Å². The van der Waals surface area contributed by atoms with Gasteiger partial charge in [0.15, 0.2) is 0 Å². The Morgan fingerprint density at radius 2 is 0.595 bits per heavy atom. The maximum absolute atomic E-state index is 15.1. The van der Waals surface area contributed by atoms with Gasteiger partial charge in [0.1, 0.15) is 0 Å². The quantitative estimate of drug-likeness (QED) is 0.201. The summed E-state index contributed by atoms with van der Waals surface area (Å²) in [5.41, 5.74) is 3.36. The third kappa shape index (κ3) is 9.24. The summed E-state index contributed by atoms with van der Waals surface area (Å²) in [5, 5.41) is 6.53. The van der Waals surface area contributed by atoms with E-state index in [-0.39, 0.29) is 342 Å². The van der Waals surface area contributed by atoms with Crippen LogP contribution in [0.4, 0.5) is 0 Å². The first kappa shape index (κ1) is 44.7. The molecular formula is C22H18O2Ra12S. The summed E-state index contributed by atoms with van der Waals surface area (Å²) in [5.74, 6) is 0. The van der Waals surface area contributed by atoms with E-state index in [2.05, 4.69) is 13.8 Å². The summed E-state index contributed by atoms with van der Waals surface area (Å²) >= 11 is 2.22. The fraction of sp³-hybridized carbons (Fsp3) is 0.0909. The second-order valence-corrected chi connectivity index (χ2v) is 62.6. The molecule has 0 bridgehead atoms. The third-order valence-electron chi connectivity index (χ3n) is 9.90. The molecule has 0 aromatic heterocycles. The van der Waals surface area contributed by atoms with Crippen LogP contribution in [0, 0.1) is 527 Å². The van der Waals surface area contributed by atoms with Crippen LogP contribution in [0.25, 0.3) is 21.5 Å². The van der Waals surface area contributed by atoms with Gasteiger partial charge in [0.05, 0.1) is 0 Å². The SMILES string of the molecule is Cc1[c]([RaH])[c]([RaH])c2[c]([RaH])c(S(=O)(=O)c3[c]([RaH])[c]([RaH])c4[c]([RaH])c(C)[c]([RaH])[c]([RaH])c4[c]3[RaH])[c]([RaH])[c]([RaH])c2[c]1[RaH].